The van der Waals surface area contributed by atoms with Crippen LogP contribution in [0.4, 0.5) is 0 Å². The second-order valence-electron chi connectivity index (χ2n) is 3.69. The van der Waals surface area contributed by atoms with E-state index in [2.05, 4.69) is 5.32 Å². The van der Waals surface area contributed by atoms with Gasteiger partial charge in [-0.3, -0.25) is 9.59 Å². The zero-order valence-electron chi connectivity index (χ0n) is 9.85. The smallest absolute Gasteiger partial charge is 0.316 e. The molecule has 1 amide bonds. The van der Waals surface area contributed by atoms with Crippen molar-refractivity contribution in [1.29, 1.82) is 0 Å². The van der Waals surface area contributed by atoms with Gasteiger partial charge in [0.2, 0.25) is 5.91 Å². The minimum absolute atomic E-state index is 0.140. The van der Waals surface area contributed by atoms with Crippen LogP contribution in [0.1, 0.15) is 12.5 Å². The SMILES string of the molecule is CC(SCC(=O)NCc1ccc(Cl)cc1)C(=O)O. The number of benzene rings is 1. The van der Waals surface area contributed by atoms with Crippen molar-refractivity contribution in [3.63, 3.8) is 0 Å². The Morgan fingerprint density at radius 1 is 1.39 bits per heavy atom. The Morgan fingerprint density at radius 2 is 2.00 bits per heavy atom. The lowest BCUT2D eigenvalue weighted by molar-refractivity contribution is -0.136. The standard InChI is InChI=1S/C12H14ClNO3S/c1-8(12(16)17)18-7-11(15)14-6-9-2-4-10(13)5-3-9/h2-5,8H,6-7H2,1H3,(H,14,15)(H,16,17). The number of hydrogen-bond acceptors (Lipinski definition) is 3. The molecule has 18 heavy (non-hydrogen) atoms. The maximum absolute atomic E-state index is 11.5. The quantitative estimate of drug-likeness (QED) is 0.841. The lowest BCUT2D eigenvalue weighted by Gasteiger charge is -2.07. The second kappa shape index (κ2) is 7.28. The predicted octanol–water partition coefficient (Wildman–Crippen LogP) is 2.16. The third-order valence-corrected chi connectivity index (χ3v) is 3.60. The first-order valence-corrected chi connectivity index (χ1v) is 6.77. The number of rotatable bonds is 6. The number of hydrogen-bond donors (Lipinski definition) is 2. The fraction of sp³-hybridized carbons (Fsp3) is 0.333. The van der Waals surface area contributed by atoms with Crippen molar-refractivity contribution in [3.05, 3.63) is 34.9 Å². The zero-order chi connectivity index (χ0) is 13.5. The number of halogens is 1. The van der Waals surface area contributed by atoms with E-state index in [1.54, 1.807) is 19.1 Å². The van der Waals surface area contributed by atoms with E-state index in [1.807, 2.05) is 12.1 Å². The van der Waals surface area contributed by atoms with Crippen LogP contribution < -0.4 is 5.32 Å². The fourth-order valence-corrected chi connectivity index (χ4v) is 1.90. The van der Waals surface area contributed by atoms with Crippen LogP contribution in [-0.4, -0.2) is 28.0 Å². The number of carbonyl (C=O) groups is 2. The van der Waals surface area contributed by atoms with Crippen molar-refractivity contribution in [2.75, 3.05) is 5.75 Å². The van der Waals surface area contributed by atoms with Crippen LogP contribution in [0.25, 0.3) is 0 Å². The first-order chi connectivity index (χ1) is 8.49. The van der Waals surface area contributed by atoms with Gasteiger partial charge in [0, 0.05) is 11.6 Å². The van der Waals surface area contributed by atoms with Gasteiger partial charge in [-0.2, -0.15) is 0 Å². The highest BCUT2D eigenvalue weighted by Crippen LogP contribution is 2.11. The first kappa shape index (κ1) is 14.9. The van der Waals surface area contributed by atoms with Gasteiger partial charge in [-0.05, 0) is 24.6 Å². The van der Waals surface area contributed by atoms with E-state index in [9.17, 15) is 9.59 Å². The van der Waals surface area contributed by atoms with Gasteiger partial charge in [0.25, 0.3) is 0 Å². The van der Waals surface area contributed by atoms with Crippen molar-refractivity contribution in [3.8, 4) is 0 Å². The third-order valence-electron chi connectivity index (χ3n) is 2.22. The second-order valence-corrected chi connectivity index (χ2v) is 5.46. The van der Waals surface area contributed by atoms with Gasteiger partial charge in [-0.1, -0.05) is 23.7 Å². The molecule has 0 saturated heterocycles. The molecule has 0 spiro atoms. The van der Waals surface area contributed by atoms with Gasteiger partial charge >= 0.3 is 5.97 Å². The van der Waals surface area contributed by atoms with E-state index < -0.39 is 11.2 Å². The number of carbonyl (C=O) groups excluding carboxylic acids is 1. The van der Waals surface area contributed by atoms with Crippen molar-refractivity contribution in [1.82, 2.24) is 5.32 Å². The summed E-state index contributed by atoms with van der Waals surface area (Å²) < 4.78 is 0. The van der Waals surface area contributed by atoms with E-state index in [-0.39, 0.29) is 11.7 Å². The van der Waals surface area contributed by atoms with Crippen LogP contribution >= 0.6 is 23.4 Å². The molecule has 1 rings (SSSR count). The summed E-state index contributed by atoms with van der Waals surface area (Å²) in [5.74, 6) is -0.949. The maximum atomic E-state index is 11.5. The highest BCUT2D eigenvalue weighted by Gasteiger charge is 2.13. The van der Waals surface area contributed by atoms with Crippen LogP contribution in [0.3, 0.4) is 0 Å². The molecular weight excluding hydrogens is 274 g/mol. The van der Waals surface area contributed by atoms with Gasteiger partial charge in [0.15, 0.2) is 0 Å². The largest absolute Gasteiger partial charge is 0.480 e. The number of carboxylic acid groups (broad SMARTS) is 1. The molecule has 0 aliphatic heterocycles. The van der Waals surface area contributed by atoms with E-state index >= 15 is 0 Å². The van der Waals surface area contributed by atoms with Crippen molar-refractivity contribution in [2.45, 2.75) is 18.7 Å². The van der Waals surface area contributed by atoms with Crippen LogP contribution in [-0.2, 0) is 16.1 Å². The summed E-state index contributed by atoms with van der Waals surface area (Å²) in [4.78, 5) is 22.0. The fourth-order valence-electron chi connectivity index (χ4n) is 1.13. The minimum atomic E-state index is -0.912. The predicted molar refractivity (Wildman–Crippen MR) is 72.9 cm³/mol. The molecule has 98 valence electrons. The average Bonchev–Trinajstić information content (AvgIpc) is 2.35. The maximum Gasteiger partial charge on any atom is 0.316 e. The molecule has 0 saturated carbocycles. The topological polar surface area (TPSA) is 66.4 Å². The molecule has 6 heteroatoms. The molecule has 0 radical (unpaired) electrons. The molecular formula is C12H14ClNO3S. The van der Waals surface area contributed by atoms with Crippen molar-refractivity contribution < 1.29 is 14.7 Å². The number of nitrogens with one attached hydrogen (secondary N) is 1. The highest BCUT2D eigenvalue weighted by atomic mass is 35.5. The van der Waals surface area contributed by atoms with Crippen molar-refractivity contribution >= 4 is 35.2 Å². The Labute approximate surface area is 115 Å². The molecule has 0 aliphatic carbocycles. The summed E-state index contributed by atoms with van der Waals surface area (Å²) in [7, 11) is 0. The highest BCUT2D eigenvalue weighted by molar-refractivity contribution is 8.01. The Kier molecular flexibility index (Phi) is 6.01. The molecule has 2 N–H and O–H groups in total. The summed E-state index contributed by atoms with van der Waals surface area (Å²) in [6.07, 6.45) is 0. The number of aliphatic carboxylic acids is 1. The van der Waals surface area contributed by atoms with Gasteiger partial charge in [0.1, 0.15) is 0 Å². The van der Waals surface area contributed by atoms with Crippen LogP contribution in [0, 0.1) is 0 Å². The van der Waals surface area contributed by atoms with Crippen LogP contribution in [0.5, 0.6) is 0 Å². The summed E-state index contributed by atoms with van der Waals surface area (Å²) >= 11 is 6.84. The van der Waals surface area contributed by atoms with Gasteiger partial charge in [-0.25, -0.2) is 0 Å². The molecule has 0 heterocycles. The molecule has 1 aromatic carbocycles. The molecule has 0 aliphatic rings. The van der Waals surface area contributed by atoms with E-state index in [0.29, 0.717) is 11.6 Å². The number of thioether (sulfide) groups is 1. The van der Waals surface area contributed by atoms with E-state index in [0.717, 1.165) is 17.3 Å². The Morgan fingerprint density at radius 3 is 2.56 bits per heavy atom. The van der Waals surface area contributed by atoms with Gasteiger partial charge < -0.3 is 10.4 Å². The van der Waals surface area contributed by atoms with Crippen molar-refractivity contribution in [2.24, 2.45) is 0 Å². The first-order valence-electron chi connectivity index (χ1n) is 5.34. The molecule has 4 nitrogen and oxygen atoms in total. The molecule has 1 aromatic rings. The van der Waals surface area contributed by atoms with Gasteiger partial charge in [-0.15, -0.1) is 11.8 Å². The molecule has 0 bridgehead atoms. The Balaban J connectivity index is 2.29. The molecule has 1 atom stereocenters. The van der Waals surface area contributed by atoms with E-state index in [1.165, 1.54) is 0 Å². The normalized spacial score (nSPS) is 11.9. The Bertz CT molecular complexity index is 422. The zero-order valence-corrected chi connectivity index (χ0v) is 11.4. The molecule has 1 unspecified atom stereocenters. The number of carboxylic acids is 1. The summed E-state index contributed by atoms with van der Waals surface area (Å²) in [6, 6.07) is 7.17. The number of amides is 1. The summed E-state index contributed by atoms with van der Waals surface area (Å²) in [5.41, 5.74) is 0.948. The summed E-state index contributed by atoms with van der Waals surface area (Å²) in [6.45, 7) is 1.97. The lowest BCUT2D eigenvalue weighted by atomic mass is 10.2. The van der Waals surface area contributed by atoms with Crippen LogP contribution in [0.15, 0.2) is 24.3 Å². The lowest BCUT2D eigenvalue weighted by Crippen LogP contribution is -2.26. The third kappa shape index (κ3) is 5.42. The monoisotopic (exact) mass is 287 g/mol. The van der Waals surface area contributed by atoms with Crippen LogP contribution in [0.2, 0.25) is 5.02 Å². The minimum Gasteiger partial charge on any atom is -0.480 e. The average molecular weight is 288 g/mol. The van der Waals surface area contributed by atoms with E-state index in [4.69, 9.17) is 16.7 Å². The Hall–Kier alpha value is -1.20. The molecule has 0 fully saturated rings. The van der Waals surface area contributed by atoms with Gasteiger partial charge in [0.05, 0.1) is 11.0 Å². The molecule has 0 aromatic heterocycles. The summed E-state index contributed by atoms with van der Waals surface area (Å²) in [5, 5.41) is 11.5.